The van der Waals surface area contributed by atoms with E-state index in [1.165, 1.54) is 122 Å². The summed E-state index contributed by atoms with van der Waals surface area (Å²) in [6, 6.07) is 0. The molecule has 29 heavy (non-hydrogen) atoms. The Balaban J connectivity index is -0.000000167. The summed E-state index contributed by atoms with van der Waals surface area (Å²) in [6.45, 7) is 0. The summed E-state index contributed by atoms with van der Waals surface area (Å²) in [7, 11) is 5.00. The maximum Gasteiger partial charge on any atom is 0.0319 e. The lowest BCUT2D eigenvalue weighted by molar-refractivity contribution is 0.399. The van der Waals surface area contributed by atoms with Gasteiger partial charge in [0.1, 0.15) is 0 Å². The van der Waals surface area contributed by atoms with Gasteiger partial charge in [-0.15, -0.1) is 0 Å². The van der Waals surface area contributed by atoms with E-state index < -0.39 is 0 Å². The zero-order chi connectivity index (χ0) is 23.4. The lowest BCUT2D eigenvalue weighted by Crippen LogP contribution is -1.83. The average Bonchev–Trinajstić information content (AvgIpc) is 2.83. The van der Waals surface area contributed by atoms with E-state index in [1.807, 2.05) is 0 Å². The first-order valence-electron chi connectivity index (χ1n) is 11.7. The van der Waals surface area contributed by atoms with E-state index in [2.05, 4.69) is 0 Å². The summed E-state index contributed by atoms with van der Waals surface area (Å²) >= 11 is 0. The Morgan fingerprint density at radius 3 is 0.241 bits per heavy atom. The first-order valence-corrected chi connectivity index (χ1v) is 11.7. The van der Waals surface area contributed by atoms with Crippen LogP contribution >= 0.6 is 0 Å². The molecule has 0 atom stereocenters. The van der Waals surface area contributed by atoms with Crippen LogP contribution in [0.3, 0.4) is 0 Å². The quantitative estimate of drug-likeness (QED) is 0.354. The second kappa shape index (κ2) is 56.5. The van der Waals surface area contributed by atoms with Crippen LogP contribution in [0.2, 0.25) is 0 Å². The van der Waals surface area contributed by atoms with E-state index in [9.17, 15) is 0 Å². The van der Waals surface area contributed by atoms with Gasteiger partial charge in [0.15, 0.2) is 0 Å². The lowest BCUT2D eigenvalue weighted by atomic mass is 10.0. The molecule has 0 bridgehead atoms. The molecule has 0 amide bonds. The second-order valence-electron chi connectivity index (χ2n) is 6.72. The minimum atomic E-state index is 1.00. The van der Waals surface area contributed by atoms with E-state index in [-0.39, 0.29) is 0 Å². The van der Waals surface area contributed by atoms with Crippen LogP contribution in [0, 0.1) is 0 Å². The standard InChI is InChI=1S/C19H38.5CH4O/c1-2-4-6-8-10-12-14-16-18-19-17-15-13-11-9-7-5-3-1;5*1-2/h1-19H2;5*2H,1H3. The number of hydrogen-bond donors (Lipinski definition) is 5. The highest BCUT2D eigenvalue weighted by Gasteiger charge is 1.96. The Hall–Kier alpha value is -0.200. The second-order valence-corrected chi connectivity index (χ2v) is 6.72. The molecule has 5 heteroatoms. The summed E-state index contributed by atoms with van der Waals surface area (Å²) in [6.07, 6.45) is 28.5. The lowest BCUT2D eigenvalue weighted by Gasteiger charge is -2.03. The van der Waals surface area contributed by atoms with Gasteiger partial charge in [-0.1, -0.05) is 122 Å². The molecule has 1 aliphatic rings. The molecule has 0 unspecified atom stereocenters. The number of hydrogen-bond acceptors (Lipinski definition) is 5. The molecule has 0 saturated heterocycles. The molecule has 184 valence electrons. The highest BCUT2D eigenvalue weighted by Crippen LogP contribution is 2.16. The van der Waals surface area contributed by atoms with Crippen molar-refractivity contribution in [3.63, 3.8) is 0 Å². The monoisotopic (exact) mass is 426 g/mol. The third-order valence-electron chi connectivity index (χ3n) is 4.75. The van der Waals surface area contributed by atoms with Crippen LogP contribution in [-0.4, -0.2) is 61.1 Å². The predicted molar refractivity (Wildman–Crippen MR) is 128 cm³/mol. The van der Waals surface area contributed by atoms with Crippen LogP contribution in [-0.2, 0) is 0 Å². The fourth-order valence-corrected chi connectivity index (χ4v) is 3.36. The van der Waals surface area contributed by atoms with E-state index in [4.69, 9.17) is 25.5 Å². The van der Waals surface area contributed by atoms with Crippen molar-refractivity contribution in [1.82, 2.24) is 0 Å². The largest absolute Gasteiger partial charge is 0.400 e. The number of aliphatic hydroxyl groups excluding tert-OH is 5. The molecule has 5 nitrogen and oxygen atoms in total. The Morgan fingerprint density at radius 2 is 0.207 bits per heavy atom. The molecule has 5 N–H and O–H groups in total. The Kier molecular flexibility index (Phi) is 76.5. The van der Waals surface area contributed by atoms with Crippen molar-refractivity contribution in [2.24, 2.45) is 0 Å². The molecule has 0 aromatic carbocycles. The van der Waals surface area contributed by atoms with Crippen LogP contribution in [0.4, 0.5) is 0 Å². The third-order valence-corrected chi connectivity index (χ3v) is 4.75. The van der Waals surface area contributed by atoms with Gasteiger partial charge in [-0.05, 0) is 0 Å². The normalized spacial score (nSPS) is 16.8. The van der Waals surface area contributed by atoms with Gasteiger partial charge in [0, 0.05) is 35.5 Å². The summed E-state index contributed by atoms with van der Waals surface area (Å²) in [4.78, 5) is 0. The average molecular weight is 427 g/mol. The molecular formula is C24H58O5. The topological polar surface area (TPSA) is 101 Å². The van der Waals surface area contributed by atoms with Crippen molar-refractivity contribution in [1.29, 1.82) is 0 Å². The molecule has 0 aromatic rings. The molecule has 0 radical (unpaired) electrons. The van der Waals surface area contributed by atoms with Gasteiger partial charge < -0.3 is 25.5 Å². The maximum atomic E-state index is 7.00. The van der Waals surface area contributed by atoms with Gasteiger partial charge in [0.25, 0.3) is 0 Å². The Bertz CT molecular complexity index is 99.9. The van der Waals surface area contributed by atoms with Gasteiger partial charge in [-0.3, -0.25) is 0 Å². The molecule has 0 aliphatic heterocycles. The molecule has 1 rings (SSSR count). The molecule has 1 aliphatic carbocycles. The van der Waals surface area contributed by atoms with E-state index in [0.717, 1.165) is 35.5 Å². The van der Waals surface area contributed by atoms with E-state index in [1.54, 1.807) is 0 Å². The summed E-state index contributed by atoms with van der Waals surface area (Å²) < 4.78 is 0. The summed E-state index contributed by atoms with van der Waals surface area (Å²) in [5.41, 5.74) is 0. The zero-order valence-corrected chi connectivity index (χ0v) is 20.7. The van der Waals surface area contributed by atoms with Gasteiger partial charge in [0.2, 0.25) is 0 Å². The maximum absolute atomic E-state index is 7.00. The van der Waals surface area contributed by atoms with Gasteiger partial charge >= 0.3 is 0 Å². The van der Waals surface area contributed by atoms with E-state index in [0.29, 0.717) is 0 Å². The fourth-order valence-electron chi connectivity index (χ4n) is 3.36. The van der Waals surface area contributed by atoms with Crippen molar-refractivity contribution in [3.8, 4) is 0 Å². The molecule has 1 fully saturated rings. The molecule has 0 heterocycles. The van der Waals surface area contributed by atoms with Crippen LogP contribution < -0.4 is 0 Å². The SMILES string of the molecule is C1CCCCCCCCCCCCCCCCCC1.CO.CO.CO.CO.CO. The minimum Gasteiger partial charge on any atom is -0.400 e. The highest BCUT2D eigenvalue weighted by atomic mass is 16.2. The van der Waals surface area contributed by atoms with Crippen LogP contribution in [0.1, 0.15) is 122 Å². The predicted octanol–water partition coefficient (Wildman–Crippen LogP) is 5.45. The highest BCUT2D eigenvalue weighted by molar-refractivity contribution is 4.52. The Labute approximate surface area is 183 Å². The minimum absolute atomic E-state index is 1.00. The smallest absolute Gasteiger partial charge is 0.0319 e. The van der Waals surface area contributed by atoms with Crippen molar-refractivity contribution in [3.05, 3.63) is 0 Å². The first-order chi connectivity index (χ1) is 14.5. The van der Waals surface area contributed by atoms with Crippen molar-refractivity contribution in [2.75, 3.05) is 35.5 Å². The van der Waals surface area contributed by atoms with Crippen molar-refractivity contribution in [2.45, 2.75) is 122 Å². The zero-order valence-electron chi connectivity index (χ0n) is 20.7. The van der Waals surface area contributed by atoms with Crippen LogP contribution in [0.25, 0.3) is 0 Å². The van der Waals surface area contributed by atoms with Gasteiger partial charge in [-0.25, -0.2) is 0 Å². The Morgan fingerprint density at radius 1 is 0.172 bits per heavy atom. The number of aliphatic hydroxyl groups is 5. The van der Waals surface area contributed by atoms with Gasteiger partial charge in [-0.2, -0.15) is 0 Å². The molecule has 0 spiro atoms. The molecule has 1 saturated carbocycles. The van der Waals surface area contributed by atoms with E-state index >= 15 is 0 Å². The van der Waals surface area contributed by atoms with Crippen molar-refractivity contribution >= 4 is 0 Å². The third kappa shape index (κ3) is 52.4. The van der Waals surface area contributed by atoms with Crippen LogP contribution in [0.15, 0.2) is 0 Å². The fraction of sp³-hybridized carbons (Fsp3) is 1.00. The summed E-state index contributed by atoms with van der Waals surface area (Å²) in [5, 5.41) is 35.0. The molecule has 0 aromatic heterocycles. The van der Waals surface area contributed by atoms with Crippen molar-refractivity contribution < 1.29 is 25.5 Å². The summed E-state index contributed by atoms with van der Waals surface area (Å²) in [5.74, 6) is 0. The van der Waals surface area contributed by atoms with Gasteiger partial charge in [0.05, 0.1) is 0 Å². The molecular weight excluding hydrogens is 368 g/mol. The number of rotatable bonds is 0. The van der Waals surface area contributed by atoms with Crippen LogP contribution in [0.5, 0.6) is 0 Å². The first kappa shape index (κ1) is 39.3.